The highest BCUT2D eigenvalue weighted by Gasteiger charge is 2.35. The van der Waals surface area contributed by atoms with E-state index in [9.17, 15) is 9.59 Å². The molecule has 0 saturated carbocycles. The van der Waals surface area contributed by atoms with Crippen LogP contribution in [-0.4, -0.2) is 33.8 Å². The molecular weight excluding hydrogens is 402 g/mol. The number of ether oxygens (including phenoxy) is 1. The van der Waals surface area contributed by atoms with E-state index < -0.39 is 0 Å². The monoisotopic (exact) mass is 431 g/mol. The molecule has 1 N–H and O–H groups in total. The maximum absolute atomic E-state index is 13.0. The number of nitrogens with one attached hydrogen (secondary N) is 1. The van der Waals surface area contributed by atoms with E-state index in [4.69, 9.17) is 4.74 Å². The molecule has 2 aliphatic heterocycles. The molecule has 1 amide bonds. The van der Waals surface area contributed by atoms with E-state index in [1.807, 2.05) is 29.0 Å². The van der Waals surface area contributed by atoms with Gasteiger partial charge in [0, 0.05) is 25.5 Å². The lowest BCUT2D eigenvalue weighted by Gasteiger charge is -2.34. The van der Waals surface area contributed by atoms with Gasteiger partial charge >= 0.3 is 5.69 Å². The summed E-state index contributed by atoms with van der Waals surface area (Å²) in [6.07, 6.45) is 5.49. The smallest absolute Gasteiger partial charge is 0.328 e. The highest BCUT2D eigenvalue weighted by Crippen LogP contribution is 2.29. The van der Waals surface area contributed by atoms with Crippen LogP contribution in [0.5, 0.6) is 0 Å². The van der Waals surface area contributed by atoms with Gasteiger partial charge in [-0.25, -0.2) is 4.79 Å². The van der Waals surface area contributed by atoms with Crippen molar-refractivity contribution in [1.29, 1.82) is 0 Å². The van der Waals surface area contributed by atoms with E-state index in [1.165, 1.54) is 5.56 Å². The topological polar surface area (TPSA) is 65.3 Å². The van der Waals surface area contributed by atoms with Crippen LogP contribution >= 0.6 is 0 Å². The molecule has 0 radical (unpaired) electrons. The Labute approximate surface area is 187 Å². The summed E-state index contributed by atoms with van der Waals surface area (Å²) in [7, 11) is 1.79. The average Bonchev–Trinajstić information content (AvgIpc) is 3.45. The lowest BCUT2D eigenvalue weighted by Crippen LogP contribution is -2.50. The van der Waals surface area contributed by atoms with Crippen molar-refractivity contribution in [3.63, 3.8) is 0 Å². The van der Waals surface area contributed by atoms with E-state index in [0.29, 0.717) is 13.0 Å². The number of carbonyl (C=O) groups excluding carboxylic acids is 1. The lowest BCUT2D eigenvalue weighted by molar-refractivity contribution is -0.131. The lowest BCUT2D eigenvalue weighted by atomic mass is 9.90. The largest absolute Gasteiger partial charge is 0.368 e. The summed E-state index contributed by atoms with van der Waals surface area (Å²) in [6.45, 7) is 0.640. The Morgan fingerprint density at radius 2 is 1.91 bits per heavy atom. The molecule has 1 fully saturated rings. The van der Waals surface area contributed by atoms with Crippen molar-refractivity contribution in [2.24, 2.45) is 7.05 Å². The quantitative estimate of drug-likeness (QED) is 0.675. The van der Waals surface area contributed by atoms with Crippen LogP contribution in [0, 0.1) is 0 Å². The Morgan fingerprint density at radius 3 is 2.69 bits per heavy atom. The predicted octanol–water partition coefficient (Wildman–Crippen LogP) is 3.25. The molecular formula is C26H29N3O3. The number of amides is 1. The van der Waals surface area contributed by atoms with Crippen molar-refractivity contribution in [3.8, 4) is 11.1 Å². The summed E-state index contributed by atoms with van der Waals surface area (Å²) >= 11 is 0. The van der Waals surface area contributed by atoms with Crippen LogP contribution in [0.2, 0.25) is 0 Å². The first-order valence-corrected chi connectivity index (χ1v) is 11.4. The minimum Gasteiger partial charge on any atom is -0.368 e. The first kappa shape index (κ1) is 20.8. The Hall–Kier alpha value is -3.12. The maximum atomic E-state index is 13.0. The van der Waals surface area contributed by atoms with Crippen LogP contribution in [0.3, 0.4) is 0 Å². The number of imidazole rings is 1. The van der Waals surface area contributed by atoms with E-state index in [1.54, 1.807) is 11.6 Å². The standard InChI is InChI=1S/C26H29N3O3/c1-28-17-21-12-13-22(27-25(30)24-11-6-14-32-24)23(29(21)26(28)31)16-18-7-5-10-20(15-18)19-8-3-2-4-9-19/h2-5,7-10,15,17,22-24H,6,11-14,16H2,1H3,(H,27,30)/t22-,23-,24-/m0/s1. The number of aryl methyl sites for hydroxylation is 2. The van der Waals surface area contributed by atoms with Crippen LogP contribution in [0.25, 0.3) is 11.1 Å². The van der Waals surface area contributed by atoms with Crippen molar-refractivity contribution in [2.45, 2.75) is 50.3 Å². The Bertz CT molecular complexity index is 1160. The van der Waals surface area contributed by atoms with Crippen LogP contribution < -0.4 is 11.0 Å². The van der Waals surface area contributed by atoms with Gasteiger partial charge in [-0.05, 0) is 48.8 Å². The molecule has 32 heavy (non-hydrogen) atoms. The molecule has 3 atom stereocenters. The molecule has 0 bridgehead atoms. The summed E-state index contributed by atoms with van der Waals surface area (Å²) < 4.78 is 9.12. The van der Waals surface area contributed by atoms with Gasteiger partial charge in [-0.2, -0.15) is 0 Å². The van der Waals surface area contributed by atoms with Gasteiger partial charge in [0.25, 0.3) is 0 Å². The Morgan fingerprint density at radius 1 is 1.09 bits per heavy atom. The van der Waals surface area contributed by atoms with E-state index in [-0.39, 0.29) is 29.8 Å². The second-order valence-corrected chi connectivity index (χ2v) is 8.88. The average molecular weight is 432 g/mol. The number of hydrogen-bond acceptors (Lipinski definition) is 3. The SMILES string of the molecule is Cn1cc2n(c1=O)[C@@H](Cc1cccc(-c3ccccc3)c1)[C@@H](NC(=O)[C@@H]1CCCO1)CC2. The van der Waals surface area contributed by atoms with Gasteiger partial charge in [0.2, 0.25) is 5.91 Å². The van der Waals surface area contributed by atoms with Crippen LogP contribution in [-0.2, 0) is 29.4 Å². The minimum atomic E-state index is -0.369. The molecule has 1 aromatic heterocycles. The minimum absolute atomic E-state index is 0.0275. The number of fused-ring (bicyclic) bond motifs is 1. The molecule has 6 nitrogen and oxygen atoms in total. The fraction of sp³-hybridized carbons (Fsp3) is 0.385. The zero-order chi connectivity index (χ0) is 22.1. The van der Waals surface area contributed by atoms with Gasteiger partial charge in [0.15, 0.2) is 0 Å². The second-order valence-electron chi connectivity index (χ2n) is 8.88. The zero-order valence-electron chi connectivity index (χ0n) is 18.4. The summed E-state index contributed by atoms with van der Waals surface area (Å²) in [6, 6.07) is 18.5. The fourth-order valence-electron chi connectivity index (χ4n) is 5.06. The molecule has 0 unspecified atom stereocenters. The molecule has 0 spiro atoms. The second kappa shape index (κ2) is 8.79. The van der Waals surface area contributed by atoms with Gasteiger partial charge in [-0.15, -0.1) is 0 Å². The third-order valence-corrected chi connectivity index (χ3v) is 6.70. The van der Waals surface area contributed by atoms with Crippen LogP contribution in [0.15, 0.2) is 65.6 Å². The number of rotatable bonds is 5. The van der Waals surface area contributed by atoms with Crippen molar-refractivity contribution >= 4 is 5.91 Å². The normalized spacial score (nSPS) is 22.5. The van der Waals surface area contributed by atoms with Gasteiger partial charge < -0.3 is 14.6 Å². The van der Waals surface area contributed by atoms with Crippen molar-refractivity contribution in [2.75, 3.05) is 6.61 Å². The molecule has 2 aliphatic rings. The molecule has 0 aliphatic carbocycles. The molecule has 3 aromatic rings. The van der Waals surface area contributed by atoms with Crippen LogP contribution in [0.1, 0.15) is 36.6 Å². The third kappa shape index (κ3) is 4.02. The highest BCUT2D eigenvalue weighted by atomic mass is 16.5. The number of carbonyl (C=O) groups is 1. The number of benzene rings is 2. The van der Waals surface area contributed by atoms with E-state index in [2.05, 4.69) is 41.7 Å². The van der Waals surface area contributed by atoms with Gasteiger partial charge in [-0.1, -0.05) is 54.6 Å². The van der Waals surface area contributed by atoms with E-state index in [0.717, 1.165) is 42.5 Å². The highest BCUT2D eigenvalue weighted by molar-refractivity contribution is 5.81. The molecule has 6 heteroatoms. The number of hydrogen-bond donors (Lipinski definition) is 1. The van der Waals surface area contributed by atoms with Gasteiger partial charge in [0.05, 0.1) is 12.1 Å². The summed E-state index contributed by atoms with van der Waals surface area (Å²) in [5.41, 5.74) is 4.47. The van der Waals surface area contributed by atoms with Gasteiger partial charge in [-0.3, -0.25) is 9.36 Å². The zero-order valence-corrected chi connectivity index (χ0v) is 18.4. The van der Waals surface area contributed by atoms with Crippen molar-refractivity contribution in [3.05, 3.63) is 82.5 Å². The van der Waals surface area contributed by atoms with E-state index >= 15 is 0 Å². The van der Waals surface area contributed by atoms with Gasteiger partial charge in [0.1, 0.15) is 6.10 Å². The Balaban J connectivity index is 1.45. The van der Waals surface area contributed by atoms with Crippen LogP contribution in [0.4, 0.5) is 0 Å². The first-order chi connectivity index (χ1) is 15.6. The maximum Gasteiger partial charge on any atom is 0.328 e. The predicted molar refractivity (Wildman–Crippen MR) is 124 cm³/mol. The fourth-order valence-corrected chi connectivity index (χ4v) is 5.06. The molecule has 2 aromatic carbocycles. The number of aromatic nitrogens is 2. The first-order valence-electron chi connectivity index (χ1n) is 11.4. The molecule has 5 rings (SSSR count). The third-order valence-electron chi connectivity index (χ3n) is 6.70. The summed E-state index contributed by atoms with van der Waals surface area (Å²) in [5, 5.41) is 3.22. The summed E-state index contributed by atoms with van der Waals surface area (Å²) in [5.74, 6) is -0.0528. The molecule has 166 valence electrons. The van der Waals surface area contributed by atoms with Crippen molar-refractivity contribution in [1.82, 2.24) is 14.5 Å². The Kier molecular flexibility index (Phi) is 5.70. The molecule has 1 saturated heterocycles. The number of nitrogens with zero attached hydrogens (tertiary/aromatic N) is 2. The summed E-state index contributed by atoms with van der Waals surface area (Å²) in [4.78, 5) is 25.8. The van der Waals surface area contributed by atoms with Crippen molar-refractivity contribution < 1.29 is 9.53 Å². The molecule has 3 heterocycles.